The first-order valence-corrected chi connectivity index (χ1v) is 6.76. The Morgan fingerprint density at radius 2 is 2.20 bits per heavy atom. The molecule has 1 amide bonds. The first kappa shape index (κ1) is 15.0. The number of halogens is 2. The molecule has 0 saturated carbocycles. The molecule has 0 spiro atoms. The zero-order valence-electron chi connectivity index (χ0n) is 10.4. The van der Waals surface area contributed by atoms with Gasteiger partial charge in [0.2, 0.25) is 0 Å². The third-order valence-electron chi connectivity index (χ3n) is 3.30. The molecule has 2 rings (SSSR count). The zero-order valence-corrected chi connectivity index (χ0v) is 11.9. The quantitative estimate of drug-likeness (QED) is 0.685. The molecule has 0 bridgehead atoms. The van der Waals surface area contributed by atoms with Crippen LogP contribution in [0.3, 0.4) is 0 Å². The van der Waals surface area contributed by atoms with Crippen molar-refractivity contribution in [1.29, 1.82) is 0 Å². The molecule has 6 nitrogen and oxygen atoms in total. The van der Waals surface area contributed by atoms with Crippen LogP contribution in [0.2, 0.25) is 10.0 Å². The Morgan fingerprint density at radius 1 is 1.50 bits per heavy atom. The number of nitrogens with zero attached hydrogens (tertiary/aromatic N) is 2. The number of nitro groups is 1. The number of non-ortho nitro benzene ring substituents is 1. The van der Waals surface area contributed by atoms with Crippen molar-refractivity contribution in [2.75, 3.05) is 13.2 Å². The minimum atomic E-state index is -0.632. The van der Waals surface area contributed by atoms with Crippen molar-refractivity contribution < 1.29 is 14.8 Å². The van der Waals surface area contributed by atoms with E-state index in [9.17, 15) is 20.0 Å². The van der Waals surface area contributed by atoms with E-state index >= 15 is 0 Å². The van der Waals surface area contributed by atoms with Crippen LogP contribution in [0.1, 0.15) is 23.2 Å². The molecule has 20 heavy (non-hydrogen) atoms. The van der Waals surface area contributed by atoms with Crippen LogP contribution in [-0.2, 0) is 0 Å². The summed E-state index contributed by atoms with van der Waals surface area (Å²) < 4.78 is 0. The lowest BCUT2D eigenvalue weighted by Gasteiger charge is -2.23. The van der Waals surface area contributed by atoms with Crippen molar-refractivity contribution >= 4 is 34.8 Å². The van der Waals surface area contributed by atoms with Gasteiger partial charge in [0.1, 0.15) is 0 Å². The Bertz CT molecular complexity index is 565. The molecule has 1 fully saturated rings. The highest BCUT2D eigenvalue weighted by Gasteiger charge is 2.31. The van der Waals surface area contributed by atoms with Gasteiger partial charge in [-0.25, -0.2) is 0 Å². The summed E-state index contributed by atoms with van der Waals surface area (Å²) in [6.45, 7) is 0.340. The van der Waals surface area contributed by atoms with E-state index in [1.807, 2.05) is 0 Å². The second kappa shape index (κ2) is 5.95. The summed E-state index contributed by atoms with van der Waals surface area (Å²) >= 11 is 11.8. The minimum Gasteiger partial charge on any atom is -0.394 e. The number of hydrogen-bond acceptors (Lipinski definition) is 4. The summed E-state index contributed by atoms with van der Waals surface area (Å²) in [6, 6.07) is 1.94. The van der Waals surface area contributed by atoms with Gasteiger partial charge in [0, 0.05) is 18.7 Å². The molecule has 0 unspecified atom stereocenters. The molecule has 1 heterocycles. The third-order valence-corrected chi connectivity index (χ3v) is 4.10. The number of hydrogen-bond donors (Lipinski definition) is 1. The maximum Gasteiger partial charge on any atom is 0.271 e. The van der Waals surface area contributed by atoms with Gasteiger partial charge in [-0.05, 0) is 12.8 Å². The van der Waals surface area contributed by atoms with E-state index in [0.29, 0.717) is 13.0 Å². The van der Waals surface area contributed by atoms with Crippen molar-refractivity contribution in [3.8, 4) is 0 Å². The van der Waals surface area contributed by atoms with Crippen molar-refractivity contribution in [1.82, 2.24) is 4.90 Å². The predicted molar refractivity (Wildman–Crippen MR) is 74.3 cm³/mol. The van der Waals surface area contributed by atoms with E-state index in [4.69, 9.17) is 23.2 Å². The Balaban J connectivity index is 2.41. The van der Waals surface area contributed by atoms with Crippen LogP contribution in [0, 0.1) is 10.1 Å². The third kappa shape index (κ3) is 2.72. The molecule has 1 saturated heterocycles. The number of carbonyl (C=O) groups excluding carboxylic acids is 1. The van der Waals surface area contributed by atoms with Crippen LogP contribution in [-0.4, -0.2) is 40.0 Å². The first-order valence-electron chi connectivity index (χ1n) is 6.01. The number of carbonyl (C=O) groups is 1. The summed E-state index contributed by atoms with van der Waals surface area (Å²) in [6.07, 6.45) is 1.47. The van der Waals surface area contributed by atoms with Gasteiger partial charge < -0.3 is 10.0 Å². The Labute approximate surface area is 125 Å². The predicted octanol–water partition coefficient (Wildman–Crippen LogP) is 2.50. The molecule has 1 aromatic rings. The minimum absolute atomic E-state index is 0.00813. The van der Waals surface area contributed by atoms with E-state index < -0.39 is 10.8 Å². The van der Waals surface area contributed by atoms with Crippen LogP contribution >= 0.6 is 23.2 Å². The van der Waals surface area contributed by atoms with E-state index in [2.05, 4.69) is 0 Å². The standard InChI is InChI=1S/C12H12Cl2N2O4/c13-10-5-8(16(19)20)4-9(11(10)14)12(18)15-3-1-2-7(15)6-17/h4-5,7,17H,1-3,6H2/t7-/m0/s1. The van der Waals surface area contributed by atoms with Crippen LogP contribution in [0.5, 0.6) is 0 Å². The molecule has 1 N–H and O–H groups in total. The molecular weight excluding hydrogens is 307 g/mol. The van der Waals surface area contributed by atoms with Crippen LogP contribution in [0.4, 0.5) is 5.69 Å². The average Bonchev–Trinajstić information content (AvgIpc) is 2.89. The lowest BCUT2D eigenvalue weighted by Crippen LogP contribution is -2.37. The Kier molecular flexibility index (Phi) is 4.47. The summed E-state index contributed by atoms with van der Waals surface area (Å²) in [5.74, 6) is -0.447. The van der Waals surface area contributed by atoms with Gasteiger partial charge in [-0.15, -0.1) is 0 Å². The fourth-order valence-electron chi connectivity index (χ4n) is 2.28. The number of likely N-dealkylation sites (tertiary alicyclic amines) is 1. The second-order valence-corrected chi connectivity index (χ2v) is 5.31. The zero-order chi connectivity index (χ0) is 14.9. The van der Waals surface area contributed by atoms with Gasteiger partial charge in [0.25, 0.3) is 11.6 Å². The van der Waals surface area contributed by atoms with Gasteiger partial charge in [-0.1, -0.05) is 23.2 Å². The van der Waals surface area contributed by atoms with Gasteiger partial charge >= 0.3 is 0 Å². The molecule has 0 radical (unpaired) electrons. The monoisotopic (exact) mass is 318 g/mol. The number of benzene rings is 1. The molecule has 1 atom stereocenters. The number of nitro benzene ring substituents is 1. The normalized spacial score (nSPS) is 18.4. The Hall–Kier alpha value is -1.37. The van der Waals surface area contributed by atoms with E-state index in [1.54, 1.807) is 0 Å². The van der Waals surface area contributed by atoms with Gasteiger partial charge in [-0.3, -0.25) is 14.9 Å². The highest BCUT2D eigenvalue weighted by atomic mass is 35.5. The topological polar surface area (TPSA) is 83.7 Å². The van der Waals surface area contributed by atoms with Crippen molar-refractivity contribution in [2.45, 2.75) is 18.9 Å². The average molecular weight is 319 g/mol. The second-order valence-electron chi connectivity index (χ2n) is 4.52. The maximum absolute atomic E-state index is 12.4. The SMILES string of the molecule is O=C(c1cc([N+](=O)[O-])cc(Cl)c1Cl)N1CCC[C@H]1CO. The van der Waals surface area contributed by atoms with Gasteiger partial charge in [0.15, 0.2) is 0 Å². The fraction of sp³-hybridized carbons (Fsp3) is 0.417. The molecule has 1 aliphatic heterocycles. The Morgan fingerprint density at radius 3 is 2.80 bits per heavy atom. The summed E-state index contributed by atoms with van der Waals surface area (Å²) in [5.41, 5.74) is -0.297. The lowest BCUT2D eigenvalue weighted by molar-refractivity contribution is -0.384. The molecule has 1 aromatic carbocycles. The van der Waals surface area contributed by atoms with E-state index in [0.717, 1.165) is 18.6 Å². The summed E-state index contributed by atoms with van der Waals surface area (Å²) in [4.78, 5) is 24.1. The van der Waals surface area contributed by atoms with Crippen LogP contribution in [0.25, 0.3) is 0 Å². The molecular formula is C12H12Cl2N2O4. The highest BCUT2D eigenvalue weighted by Crippen LogP contribution is 2.33. The van der Waals surface area contributed by atoms with Crippen LogP contribution < -0.4 is 0 Å². The first-order chi connectivity index (χ1) is 9.45. The smallest absolute Gasteiger partial charge is 0.271 e. The number of aliphatic hydroxyl groups excluding tert-OH is 1. The number of rotatable bonds is 3. The van der Waals surface area contributed by atoms with Gasteiger partial charge in [0.05, 0.1) is 33.2 Å². The summed E-state index contributed by atoms with van der Waals surface area (Å²) in [7, 11) is 0. The number of amides is 1. The van der Waals surface area contributed by atoms with Crippen LogP contribution in [0.15, 0.2) is 12.1 Å². The molecule has 1 aliphatic rings. The molecule has 108 valence electrons. The van der Waals surface area contributed by atoms with Gasteiger partial charge in [-0.2, -0.15) is 0 Å². The largest absolute Gasteiger partial charge is 0.394 e. The molecule has 0 aromatic heterocycles. The van der Waals surface area contributed by atoms with Crippen molar-refractivity contribution in [2.24, 2.45) is 0 Å². The van der Waals surface area contributed by atoms with Crippen molar-refractivity contribution in [3.63, 3.8) is 0 Å². The van der Waals surface area contributed by atoms with E-state index in [-0.39, 0.29) is 33.9 Å². The molecule has 0 aliphatic carbocycles. The summed E-state index contributed by atoms with van der Waals surface area (Å²) in [5, 5.41) is 20.0. The highest BCUT2D eigenvalue weighted by molar-refractivity contribution is 6.44. The number of aliphatic hydroxyl groups is 1. The maximum atomic E-state index is 12.4. The fourth-order valence-corrected chi connectivity index (χ4v) is 2.69. The van der Waals surface area contributed by atoms with E-state index in [1.165, 1.54) is 4.90 Å². The van der Waals surface area contributed by atoms with Crippen molar-refractivity contribution in [3.05, 3.63) is 37.9 Å². The lowest BCUT2D eigenvalue weighted by atomic mass is 10.1. The molecule has 8 heteroatoms.